The Hall–Kier alpha value is -3.52. The molecule has 4 rings (SSSR count). The lowest BCUT2D eigenvalue weighted by Crippen LogP contribution is -2.20. The molecule has 0 atom stereocenters. The topological polar surface area (TPSA) is 73.9 Å². The number of hydrogen-bond acceptors (Lipinski definition) is 5. The third-order valence-electron chi connectivity index (χ3n) is 4.63. The zero-order valence-corrected chi connectivity index (χ0v) is 16.5. The van der Waals surface area contributed by atoms with E-state index < -0.39 is 17.2 Å². The number of anilines is 3. The number of rotatable bonds is 5. The van der Waals surface area contributed by atoms with Gasteiger partial charge in [-0.05, 0) is 35.9 Å². The first-order chi connectivity index (χ1) is 14.5. The van der Waals surface area contributed by atoms with Crippen LogP contribution in [0.5, 0.6) is 0 Å². The summed E-state index contributed by atoms with van der Waals surface area (Å²) in [6.07, 6.45) is 1.41. The zero-order valence-electron chi connectivity index (χ0n) is 15.8. The van der Waals surface area contributed by atoms with Gasteiger partial charge in [0.1, 0.15) is 18.0 Å². The summed E-state index contributed by atoms with van der Waals surface area (Å²) in [5.41, 5.74) is 0.491. The van der Waals surface area contributed by atoms with Crippen molar-refractivity contribution in [1.29, 1.82) is 0 Å². The second kappa shape index (κ2) is 8.08. The molecule has 0 saturated carbocycles. The number of aromatic nitrogens is 3. The van der Waals surface area contributed by atoms with Crippen molar-refractivity contribution in [3.8, 4) is 0 Å². The highest BCUT2D eigenvalue weighted by Crippen LogP contribution is 2.30. The maximum atomic E-state index is 14.3. The van der Waals surface area contributed by atoms with E-state index in [2.05, 4.69) is 20.3 Å². The van der Waals surface area contributed by atoms with Crippen molar-refractivity contribution in [3.05, 3.63) is 87.4 Å². The molecule has 2 N–H and O–H groups in total. The molecule has 0 amide bonds. The molecule has 0 fully saturated rings. The van der Waals surface area contributed by atoms with Crippen LogP contribution in [0.2, 0.25) is 5.02 Å². The standard InChI is InChI=1S/C21H16ClF2N5O/c1-25-17-9-18(27-11-26-17)29(14-4-2-3-13(22)8-14)10-12-7-19(30)28-21-15(12)5-6-16(23)20(21)24/h2-9,11H,10H2,1H3,(H,28,30)(H,25,26,27). The van der Waals surface area contributed by atoms with Crippen LogP contribution < -0.4 is 15.8 Å². The Bertz CT molecular complexity index is 1290. The summed E-state index contributed by atoms with van der Waals surface area (Å²) in [6, 6.07) is 12.7. The molecule has 0 bridgehead atoms. The van der Waals surface area contributed by atoms with E-state index in [4.69, 9.17) is 11.6 Å². The van der Waals surface area contributed by atoms with Gasteiger partial charge in [-0.3, -0.25) is 4.79 Å². The molecule has 6 nitrogen and oxygen atoms in total. The number of fused-ring (bicyclic) bond motifs is 1. The van der Waals surface area contributed by atoms with Crippen LogP contribution in [0, 0.1) is 11.6 Å². The predicted molar refractivity (Wildman–Crippen MR) is 113 cm³/mol. The first kappa shape index (κ1) is 19.8. The van der Waals surface area contributed by atoms with Gasteiger partial charge in [0.25, 0.3) is 0 Å². The van der Waals surface area contributed by atoms with Crippen LogP contribution in [0.25, 0.3) is 10.9 Å². The number of benzene rings is 2. The van der Waals surface area contributed by atoms with Crippen molar-refractivity contribution >= 4 is 39.8 Å². The highest BCUT2D eigenvalue weighted by molar-refractivity contribution is 6.30. The van der Waals surface area contributed by atoms with Gasteiger partial charge in [-0.15, -0.1) is 0 Å². The number of nitrogens with one attached hydrogen (secondary N) is 2. The van der Waals surface area contributed by atoms with E-state index in [0.29, 0.717) is 33.3 Å². The Morgan fingerprint density at radius 3 is 2.73 bits per heavy atom. The third kappa shape index (κ3) is 3.81. The van der Waals surface area contributed by atoms with Gasteiger partial charge >= 0.3 is 0 Å². The van der Waals surface area contributed by atoms with Gasteiger partial charge < -0.3 is 15.2 Å². The van der Waals surface area contributed by atoms with E-state index in [1.165, 1.54) is 18.5 Å². The number of pyridine rings is 1. The Morgan fingerprint density at radius 1 is 1.13 bits per heavy atom. The lowest BCUT2D eigenvalue weighted by atomic mass is 10.1. The summed E-state index contributed by atoms with van der Waals surface area (Å²) in [6.45, 7) is 0.159. The minimum Gasteiger partial charge on any atom is -0.373 e. The number of H-pyrrole nitrogens is 1. The van der Waals surface area contributed by atoms with Gasteiger partial charge in [0.05, 0.1) is 12.1 Å². The quantitative estimate of drug-likeness (QED) is 0.486. The van der Waals surface area contributed by atoms with Crippen molar-refractivity contribution in [3.63, 3.8) is 0 Å². The first-order valence-electron chi connectivity index (χ1n) is 8.99. The average Bonchev–Trinajstić information content (AvgIpc) is 2.74. The van der Waals surface area contributed by atoms with E-state index in [-0.39, 0.29) is 12.1 Å². The molecular weight excluding hydrogens is 412 g/mol. The molecule has 2 aromatic heterocycles. The van der Waals surface area contributed by atoms with Crippen molar-refractivity contribution < 1.29 is 8.78 Å². The van der Waals surface area contributed by atoms with Crippen molar-refractivity contribution in [1.82, 2.24) is 15.0 Å². The molecule has 0 radical (unpaired) electrons. The number of nitrogens with zero attached hydrogens (tertiary/aromatic N) is 3. The van der Waals surface area contributed by atoms with Gasteiger partial charge in [-0.2, -0.15) is 0 Å². The van der Waals surface area contributed by atoms with Crippen molar-refractivity contribution in [2.24, 2.45) is 0 Å². The monoisotopic (exact) mass is 427 g/mol. The fraction of sp³-hybridized carbons (Fsp3) is 0.0952. The summed E-state index contributed by atoms with van der Waals surface area (Å²) in [4.78, 5) is 24.8. The highest BCUT2D eigenvalue weighted by Gasteiger charge is 2.17. The molecule has 0 spiro atoms. The SMILES string of the molecule is CNc1cc(N(Cc2cc(=O)[nH]c3c(F)c(F)ccc23)c2cccc(Cl)c2)ncn1. The van der Waals surface area contributed by atoms with Crippen LogP contribution in [0.1, 0.15) is 5.56 Å². The summed E-state index contributed by atoms with van der Waals surface area (Å²) in [5.74, 6) is -1.000. The Balaban J connectivity index is 1.89. The van der Waals surface area contributed by atoms with Crippen molar-refractivity contribution in [2.45, 2.75) is 6.54 Å². The molecule has 4 aromatic rings. The molecule has 0 aliphatic rings. The fourth-order valence-electron chi connectivity index (χ4n) is 3.22. The minimum atomic E-state index is -1.10. The smallest absolute Gasteiger partial charge is 0.248 e. The maximum absolute atomic E-state index is 14.3. The second-order valence-corrected chi connectivity index (χ2v) is 6.96. The van der Waals surface area contributed by atoms with Gasteiger partial charge in [0.2, 0.25) is 5.56 Å². The number of halogens is 3. The lowest BCUT2D eigenvalue weighted by Gasteiger charge is -2.25. The van der Waals surface area contributed by atoms with Crippen molar-refractivity contribution in [2.75, 3.05) is 17.3 Å². The van der Waals surface area contributed by atoms with Crippen LogP contribution >= 0.6 is 11.6 Å². The molecule has 152 valence electrons. The molecule has 0 saturated heterocycles. The second-order valence-electron chi connectivity index (χ2n) is 6.52. The molecule has 0 aliphatic heterocycles. The van der Waals surface area contributed by atoms with Crippen LogP contribution in [0.15, 0.2) is 59.7 Å². The van der Waals surface area contributed by atoms with Crippen LogP contribution in [0.3, 0.4) is 0 Å². The number of aromatic amines is 1. The molecule has 2 aromatic carbocycles. The summed E-state index contributed by atoms with van der Waals surface area (Å²) < 4.78 is 28.0. The maximum Gasteiger partial charge on any atom is 0.248 e. The summed E-state index contributed by atoms with van der Waals surface area (Å²) in [5, 5.41) is 3.86. The summed E-state index contributed by atoms with van der Waals surface area (Å²) in [7, 11) is 1.73. The minimum absolute atomic E-state index is 0.159. The zero-order chi connectivity index (χ0) is 21.3. The van der Waals surface area contributed by atoms with Crippen LogP contribution in [-0.2, 0) is 6.54 Å². The lowest BCUT2D eigenvalue weighted by molar-refractivity contribution is 0.515. The van der Waals surface area contributed by atoms with E-state index in [1.54, 1.807) is 31.3 Å². The van der Waals surface area contributed by atoms with E-state index >= 15 is 0 Å². The van der Waals surface area contributed by atoms with E-state index in [1.807, 2.05) is 11.0 Å². The third-order valence-corrected chi connectivity index (χ3v) is 4.86. The van der Waals surface area contributed by atoms with E-state index in [9.17, 15) is 13.6 Å². The van der Waals surface area contributed by atoms with Gasteiger partial charge in [0, 0.05) is 35.3 Å². The predicted octanol–water partition coefficient (Wildman–Crippen LogP) is 4.63. The molecule has 2 heterocycles. The molecule has 30 heavy (non-hydrogen) atoms. The molecule has 0 aliphatic carbocycles. The summed E-state index contributed by atoms with van der Waals surface area (Å²) >= 11 is 6.18. The Labute approximate surface area is 175 Å². The van der Waals surface area contributed by atoms with Gasteiger partial charge in [-0.25, -0.2) is 18.7 Å². The largest absolute Gasteiger partial charge is 0.373 e. The Morgan fingerprint density at radius 2 is 1.97 bits per heavy atom. The average molecular weight is 428 g/mol. The first-order valence-corrected chi connectivity index (χ1v) is 9.37. The van der Waals surface area contributed by atoms with Gasteiger partial charge in [-0.1, -0.05) is 17.7 Å². The normalized spacial score (nSPS) is 10.9. The molecule has 0 unspecified atom stereocenters. The number of hydrogen-bond donors (Lipinski definition) is 2. The van der Waals surface area contributed by atoms with Crippen LogP contribution in [0.4, 0.5) is 26.1 Å². The van der Waals surface area contributed by atoms with Crippen LogP contribution in [-0.4, -0.2) is 22.0 Å². The van der Waals surface area contributed by atoms with E-state index in [0.717, 1.165) is 6.07 Å². The fourth-order valence-corrected chi connectivity index (χ4v) is 3.40. The van der Waals surface area contributed by atoms with Gasteiger partial charge in [0.15, 0.2) is 11.6 Å². The highest BCUT2D eigenvalue weighted by atomic mass is 35.5. The molecule has 9 heteroatoms. The molecular formula is C21H16ClF2N5O. The Kier molecular flexibility index (Phi) is 5.33.